The van der Waals surface area contributed by atoms with Crippen LogP contribution in [-0.4, -0.2) is 79.1 Å². The average Bonchev–Trinajstić information content (AvgIpc) is 3.32. The van der Waals surface area contributed by atoms with Gasteiger partial charge in [0.2, 0.25) is 15.9 Å². The van der Waals surface area contributed by atoms with E-state index in [0.29, 0.717) is 31.8 Å². The minimum absolute atomic E-state index is 0.00794. The van der Waals surface area contributed by atoms with Crippen molar-refractivity contribution in [3.63, 3.8) is 0 Å². The number of carboxylic acid groups (broad SMARTS) is 1. The Kier molecular flexibility index (Phi) is 5.88. The van der Waals surface area contributed by atoms with Crippen LogP contribution in [0.15, 0.2) is 0 Å². The molecule has 0 aromatic heterocycles. The van der Waals surface area contributed by atoms with Crippen LogP contribution in [0.5, 0.6) is 0 Å². The zero-order chi connectivity index (χ0) is 18.9. The summed E-state index contributed by atoms with van der Waals surface area (Å²) in [5.41, 5.74) is 0. The van der Waals surface area contributed by atoms with Crippen molar-refractivity contribution >= 4 is 21.9 Å². The molecule has 0 aromatic rings. The Morgan fingerprint density at radius 1 is 1.15 bits per heavy atom. The van der Waals surface area contributed by atoms with Crippen LogP contribution in [0.1, 0.15) is 38.5 Å². The number of amides is 1. The van der Waals surface area contributed by atoms with E-state index in [4.69, 9.17) is 5.11 Å². The summed E-state index contributed by atoms with van der Waals surface area (Å²) in [5, 5.41) is 12.2. The zero-order valence-corrected chi connectivity index (χ0v) is 16.1. The Morgan fingerprint density at radius 3 is 2.27 bits per heavy atom. The van der Waals surface area contributed by atoms with Crippen LogP contribution in [0, 0.1) is 11.8 Å². The van der Waals surface area contributed by atoms with Crippen LogP contribution < -0.4 is 5.32 Å². The topological polar surface area (TPSA) is 107 Å². The molecule has 0 atom stereocenters. The van der Waals surface area contributed by atoms with Crippen molar-refractivity contribution < 1.29 is 23.1 Å². The molecule has 0 aromatic carbocycles. The van der Waals surface area contributed by atoms with E-state index in [9.17, 15) is 18.0 Å². The highest BCUT2D eigenvalue weighted by molar-refractivity contribution is 7.88. The molecule has 1 saturated heterocycles. The van der Waals surface area contributed by atoms with E-state index in [-0.39, 0.29) is 30.5 Å². The van der Waals surface area contributed by atoms with Gasteiger partial charge in [-0.05, 0) is 44.4 Å². The molecule has 2 aliphatic carbocycles. The first-order valence-corrected chi connectivity index (χ1v) is 11.3. The molecule has 9 heteroatoms. The van der Waals surface area contributed by atoms with Crippen molar-refractivity contribution in [2.24, 2.45) is 11.8 Å². The van der Waals surface area contributed by atoms with Gasteiger partial charge in [0.05, 0.1) is 12.8 Å². The number of carbonyl (C=O) groups excluding carboxylic acids is 1. The first-order chi connectivity index (χ1) is 12.2. The van der Waals surface area contributed by atoms with Crippen molar-refractivity contribution in [3.8, 4) is 0 Å². The fourth-order valence-electron chi connectivity index (χ4n) is 3.92. The third kappa shape index (κ3) is 5.17. The Morgan fingerprint density at radius 2 is 1.77 bits per heavy atom. The summed E-state index contributed by atoms with van der Waals surface area (Å²) in [6, 6.07) is 0.347. The lowest BCUT2D eigenvalue weighted by molar-refractivity contribution is -0.140. The van der Waals surface area contributed by atoms with E-state index in [0.717, 1.165) is 19.4 Å². The highest BCUT2D eigenvalue weighted by Crippen LogP contribution is 2.34. The van der Waals surface area contributed by atoms with Gasteiger partial charge in [0, 0.05) is 37.6 Å². The second-order valence-electron chi connectivity index (χ2n) is 8.03. The summed E-state index contributed by atoms with van der Waals surface area (Å²) in [5.74, 6) is -0.277. The van der Waals surface area contributed by atoms with Crippen molar-refractivity contribution in [2.75, 3.05) is 32.4 Å². The van der Waals surface area contributed by atoms with Gasteiger partial charge in [0.15, 0.2) is 0 Å². The molecule has 3 fully saturated rings. The number of carboxylic acids is 1. The van der Waals surface area contributed by atoms with E-state index in [1.807, 2.05) is 4.90 Å². The number of carbonyl (C=O) groups is 2. The molecular formula is C17H29N3O5S. The molecule has 3 rings (SSSR count). The predicted octanol–water partition coefficient (Wildman–Crippen LogP) is 0.102. The molecule has 1 amide bonds. The lowest BCUT2D eigenvalue weighted by Gasteiger charge is -2.43. The van der Waals surface area contributed by atoms with Crippen LogP contribution in [0.25, 0.3) is 0 Å². The van der Waals surface area contributed by atoms with Crippen LogP contribution in [0.3, 0.4) is 0 Å². The van der Waals surface area contributed by atoms with Crippen molar-refractivity contribution in [1.82, 2.24) is 14.5 Å². The molecular weight excluding hydrogens is 358 g/mol. The number of sulfonamides is 1. The maximum atomic E-state index is 12.4. The van der Waals surface area contributed by atoms with Crippen LogP contribution >= 0.6 is 0 Å². The summed E-state index contributed by atoms with van der Waals surface area (Å²) >= 11 is 0. The summed E-state index contributed by atoms with van der Waals surface area (Å²) in [6.45, 7) is 1.73. The van der Waals surface area contributed by atoms with Crippen LogP contribution in [-0.2, 0) is 19.6 Å². The number of piperidine rings is 1. The fraction of sp³-hybridized carbons (Fsp3) is 0.882. The van der Waals surface area contributed by atoms with Crippen molar-refractivity contribution in [1.29, 1.82) is 0 Å². The second-order valence-corrected chi connectivity index (χ2v) is 10.0. The highest BCUT2D eigenvalue weighted by Gasteiger charge is 2.39. The summed E-state index contributed by atoms with van der Waals surface area (Å²) in [6.07, 6.45) is 6.29. The quantitative estimate of drug-likeness (QED) is 0.612. The number of hydrogen-bond acceptors (Lipinski definition) is 5. The molecule has 3 aliphatic rings. The zero-order valence-electron chi connectivity index (χ0n) is 15.3. The number of nitrogens with one attached hydrogen (secondary N) is 1. The van der Waals surface area contributed by atoms with Gasteiger partial charge in [0.1, 0.15) is 0 Å². The molecule has 148 valence electrons. The van der Waals surface area contributed by atoms with Gasteiger partial charge in [-0.2, -0.15) is 0 Å². The highest BCUT2D eigenvalue weighted by atomic mass is 32.2. The van der Waals surface area contributed by atoms with Gasteiger partial charge in [0.25, 0.3) is 0 Å². The third-order valence-corrected chi connectivity index (χ3v) is 7.10. The molecule has 2 N–H and O–H groups in total. The largest absolute Gasteiger partial charge is 0.480 e. The van der Waals surface area contributed by atoms with Gasteiger partial charge >= 0.3 is 5.97 Å². The molecule has 0 unspecified atom stereocenters. The summed E-state index contributed by atoms with van der Waals surface area (Å²) < 4.78 is 24.5. The smallest absolute Gasteiger partial charge is 0.317 e. The fourth-order valence-corrected chi connectivity index (χ4v) is 4.80. The van der Waals surface area contributed by atoms with Crippen LogP contribution in [0.4, 0.5) is 0 Å². The Bertz CT molecular complexity index is 635. The number of rotatable bonds is 8. The molecule has 8 nitrogen and oxygen atoms in total. The van der Waals surface area contributed by atoms with E-state index in [1.54, 1.807) is 0 Å². The molecule has 1 aliphatic heterocycles. The van der Waals surface area contributed by atoms with Gasteiger partial charge in [-0.15, -0.1) is 0 Å². The lowest BCUT2D eigenvalue weighted by atomic mass is 9.84. The maximum Gasteiger partial charge on any atom is 0.317 e. The third-order valence-electron chi connectivity index (χ3n) is 5.80. The minimum Gasteiger partial charge on any atom is -0.480 e. The van der Waals surface area contributed by atoms with E-state index < -0.39 is 16.0 Å². The molecule has 0 spiro atoms. The second kappa shape index (κ2) is 7.82. The normalized spacial score (nSPS) is 27.9. The Hall–Kier alpha value is -1.19. The minimum atomic E-state index is -3.18. The Balaban J connectivity index is 1.40. The first kappa shape index (κ1) is 19.6. The first-order valence-electron chi connectivity index (χ1n) is 9.43. The number of nitrogens with zero attached hydrogens (tertiary/aromatic N) is 2. The van der Waals surface area contributed by atoms with Gasteiger partial charge < -0.3 is 10.4 Å². The van der Waals surface area contributed by atoms with Crippen molar-refractivity contribution in [2.45, 2.75) is 50.6 Å². The van der Waals surface area contributed by atoms with Crippen LogP contribution in [0.2, 0.25) is 0 Å². The van der Waals surface area contributed by atoms with E-state index in [1.165, 1.54) is 23.4 Å². The monoisotopic (exact) mass is 387 g/mol. The average molecular weight is 388 g/mol. The maximum absolute atomic E-state index is 12.4. The number of aliphatic carboxylic acids is 1. The van der Waals surface area contributed by atoms with E-state index in [2.05, 4.69) is 5.32 Å². The van der Waals surface area contributed by atoms with Gasteiger partial charge in [-0.25, -0.2) is 12.7 Å². The molecule has 0 radical (unpaired) electrons. The molecule has 26 heavy (non-hydrogen) atoms. The van der Waals surface area contributed by atoms with Gasteiger partial charge in [-0.1, -0.05) is 0 Å². The van der Waals surface area contributed by atoms with Crippen molar-refractivity contribution in [3.05, 3.63) is 0 Å². The molecule has 1 heterocycles. The molecule has 0 bridgehead atoms. The number of hydrogen-bond donors (Lipinski definition) is 2. The summed E-state index contributed by atoms with van der Waals surface area (Å²) in [7, 11) is -3.18. The van der Waals surface area contributed by atoms with Gasteiger partial charge in [-0.3, -0.25) is 14.5 Å². The molecule has 2 saturated carbocycles. The standard InChI is InChI=1S/C17H29N3O5S/c1-26(24,25)20-6-4-13(5-7-20)17(23)18-14-8-15(9-14)19(11-16(21)22)10-12-2-3-12/h12-15H,2-11H2,1H3,(H,18,23)(H,21,22). The Labute approximate surface area is 155 Å². The lowest BCUT2D eigenvalue weighted by Crippen LogP contribution is -2.56. The predicted molar refractivity (Wildman–Crippen MR) is 96.0 cm³/mol. The SMILES string of the molecule is CS(=O)(=O)N1CCC(C(=O)NC2CC(N(CC(=O)O)CC3CC3)C2)CC1. The summed E-state index contributed by atoms with van der Waals surface area (Å²) in [4.78, 5) is 25.5. The van der Waals surface area contributed by atoms with E-state index >= 15 is 0 Å².